The number of ether oxygens (including phenoxy) is 2. The topological polar surface area (TPSA) is 18.5 Å². The van der Waals surface area contributed by atoms with Crippen LogP contribution in [0.1, 0.15) is 75.8 Å². The molecule has 0 bridgehead atoms. The Morgan fingerprint density at radius 1 is 0.963 bits per heavy atom. The van der Waals surface area contributed by atoms with Gasteiger partial charge in [0.05, 0.1) is 13.2 Å². The summed E-state index contributed by atoms with van der Waals surface area (Å²) in [5.74, 6) is 1.98. The van der Waals surface area contributed by atoms with Gasteiger partial charge in [-0.25, -0.2) is 4.39 Å². The zero-order valence-electron chi connectivity index (χ0n) is 17.2. The van der Waals surface area contributed by atoms with E-state index in [0.717, 1.165) is 43.1 Å². The third kappa shape index (κ3) is 6.29. The number of halogens is 1. The van der Waals surface area contributed by atoms with Crippen molar-refractivity contribution in [2.75, 3.05) is 13.2 Å². The quantitative estimate of drug-likeness (QED) is 0.486. The maximum atomic E-state index is 13.6. The molecule has 2 aliphatic rings. The van der Waals surface area contributed by atoms with Gasteiger partial charge in [0.1, 0.15) is 5.82 Å². The Morgan fingerprint density at radius 2 is 1.70 bits per heavy atom. The molecule has 1 aromatic carbocycles. The summed E-state index contributed by atoms with van der Waals surface area (Å²) in [5, 5.41) is 0. The summed E-state index contributed by atoms with van der Waals surface area (Å²) < 4.78 is 25.7. The number of rotatable bonds is 8. The molecule has 0 radical (unpaired) electrons. The van der Waals surface area contributed by atoms with E-state index in [4.69, 9.17) is 9.47 Å². The van der Waals surface area contributed by atoms with Crippen molar-refractivity contribution >= 4 is 0 Å². The SMILES string of the molecule is CCCC1COC(C2CCC(CCCCc3ccc(C)c(F)c3)CC2)OC1. The van der Waals surface area contributed by atoms with Crippen molar-refractivity contribution in [1.29, 1.82) is 0 Å². The summed E-state index contributed by atoms with van der Waals surface area (Å²) in [6, 6.07) is 5.67. The predicted octanol–water partition coefficient (Wildman–Crippen LogP) is 6.44. The highest BCUT2D eigenvalue weighted by atomic mass is 19.1. The van der Waals surface area contributed by atoms with Crippen molar-refractivity contribution in [3.8, 4) is 0 Å². The minimum absolute atomic E-state index is 0.0514. The zero-order chi connectivity index (χ0) is 19.1. The largest absolute Gasteiger partial charge is 0.352 e. The van der Waals surface area contributed by atoms with Crippen molar-refractivity contribution in [1.82, 2.24) is 0 Å². The van der Waals surface area contributed by atoms with Crippen molar-refractivity contribution in [2.24, 2.45) is 17.8 Å². The van der Waals surface area contributed by atoms with Crippen LogP contribution in [0.3, 0.4) is 0 Å². The Labute approximate surface area is 164 Å². The second-order valence-corrected chi connectivity index (χ2v) is 8.80. The Bertz CT molecular complexity index is 557. The molecule has 2 nitrogen and oxygen atoms in total. The van der Waals surface area contributed by atoms with Gasteiger partial charge in [-0.3, -0.25) is 0 Å². The molecule has 0 aromatic heterocycles. The molecule has 0 amide bonds. The zero-order valence-corrected chi connectivity index (χ0v) is 17.2. The fourth-order valence-corrected chi connectivity index (χ4v) is 4.71. The summed E-state index contributed by atoms with van der Waals surface area (Å²) in [7, 11) is 0. The van der Waals surface area contributed by atoms with Crippen molar-refractivity contribution in [3.05, 3.63) is 35.1 Å². The van der Waals surface area contributed by atoms with Crippen LogP contribution < -0.4 is 0 Å². The standard InChI is InChI=1S/C24H37FO2/c1-3-6-21-16-26-24(27-17-21)22-13-11-19(12-14-22)7-4-5-8-20-10-9-18(2)23(25)15-20/h9-10,15,19,21-22,24H,3-8,11-14,16-17H2,1-2H3. The molecular weight excluding hydrogens is 339 g/mol. The van der Waals surface area contributed by atoms with Crippen LogP contribution >= 0.6 is 0 Å². The lowest BCUT2D eigenvalue weighted by Gasteiger charge is -2.37. The van der Waals surface area contributed by atoms with Gasteiger partial charge in [0.25, 0.3) is 0 Å². The van der Waals surface area contributed by atoms with Gasteiger partial charge in [0.2, 0.25) is 0 Å². The van der Waals surface area contributed by atoms with Crippen LogP contribution in [0.4, 0.5) is 4.39 Å². The van der Waals surface area contributed by atoms with E-state index in [1.807, 2.05) is 13.0 Å². The van der Waals surface area contributed by atoms with E-state index in [2.05, 4.69) is 13.0 Å². The number of hydrogen-bond donors (Lipinski definition) is 0. The summed E-state index contributed by atoms with van der Waals surface area (Å²) in [6.45, 7) is 5.82. The second kappa shape index (κ2) is 10.6. The average Bonchev–Trinajstić information content (AvgIpc) is 2.69. The molecule has 1 aromatic rings. The molecule has 27 heavy (non-hydrogen) atoms. The Hall–Kier alpha value is -0.930. The molecule has 2 fully saturated rings. The first kappa shape index (κ1) is 20.8. The lowest BCUT2D eigenvalue weighted by atomic mass is 9.79. The molecule has 0 spiro atoms. The predicted molar refractivity (Wildman–Crippen MR) is 108 cm³/mol. The summed E-state index contributed by atoms with van der Waals surface area (Å²) in [5.41, 5.74) is 1.87. The van der Waals surface area contributed by atoms with E-state index in [1.54, 1.807) is 6.07 Å². The van der Waals surface area contributed by atoms with E-state index >= 15 is 0 Å². The Morgan fingerprint density at radius 3 is 2.37 bits per heavy atom. The van der Waals surface area contributed by atoms with Gasteiger partial charge in [-0.1, -0.05) is 38.3 Å². The highest BCUT2D eigenvalue weighted by molar-refractivity contribution is 5.23. The van der Waals surface area contributed by atoms with Crippen LogP contribution in [-0.2, 0) is 15.9 Å². The minimum atomic E-state index is -0.0704. The fourth-order valence-electron chi connectivity index (χ4n) is 4.71. The normalized spacial score (nSPS) is 29.0. The molecule has 3 heteroatoms. The summed E-state index contributed by atoms with van der Waals surface area (Å²) in [6.07, 6.45) is 12.3. The van der Waals surface area contributed by atoms with E-state index < -0.39 is 0 Å². The molecular formula is C24H37FO2. The first-order valence-corrected chi connectivity index (χ1v) is 11.1. The maximum absolute atomic E-state index is 13.6. The Kier molecular flexibility index (Phi) is 8.14. The number of hydrogen-bond acceptors (Lipinski definition) is 2. The van der Waals surface area contributed by atoms with Crippen LogP contribution in [0, 0.1) is 30.5 Å². The van der Waals surface area contributed by atoms with E-state index in [1.165, 1.54) is 51.4 Å². The van der Waals surface area contributed by atoms with E-state index in [-0.39, 0.29) is 12.1 Å². The molecule has 0 unspecified atom stereocenters. The smallest absolute Gasteiger partial charge is 0.160 e. The van der Waals surface area contributed by atoms with Crippen LogP contribution in [0.5, 0.6) is 0 Å². The third-order valence-corrected chi connectivity index (χ3v) is 6.53. The summed E-state index contributed by atoms with van der Waals surface area (Å²) >= 11 is 0. The van der Waals surface area contributed by atoms with Crippen molar-refractivity contribution < 1.29 is 13.9 Å². The average molecular weight is 377 g/mol. The highest BCUT2D eigenvalue weighted by Gasteiger charge is 2.32. The molecule has 0 N–H and O–H groups in total. The second-order valence-electron chi connectivity index (χ2n) is 8.80. The lowest BCUT2D eigenvalue weighted by Crippen LogP contribution is -2.38. The molecule has 3 rings (SSSR count). The van der Waals surface area contributed by atoms with Crippen molar-refractivity contribution in [3.63, 3.8) is 0 Å². The van der Waals surface area contributed by atoms with Gasteiger partial charge in [0, 0.05) is 11.8 Å². The lowest BCUT2D eigenvalue weighted by molar-refractivity contribution is -0.230. The third-order valence-electron chi connectivity index (χ3n) is 6.53. The van der Waals surface area contributed by atoms with Gasteiger partial charge in [-0.05, 0) is 75.0 Å². The molecule has 1 aliphatic carbocycles. The summed E-state index contributed by atoms with van der Waals surface area (Å²) in [4.78, 5) is 0. The van der Waals surface area contributed by atoms with E-state index in [9.17, 15) is 4.39 Å². The van der Waals surface area contributed by atoms with Gasteiger partial charge in [0.15, 0.2) is 6.29 Å². The van der Waals surface area contributed by atoms with Crippen LogP contribution in [0.2, 0.25) is 0 Å². The minimum Gasteiger partial charge on any atom is -0.352 e. The Balaban J connectivity index is 1.29. The first-order valence-electron chi connectivity index (χ1n) is 11.1. The fraction of sp³-hybridized carbons (Fsp3) is 0.750. The van der Waals surface area contributed by atoms with Crippen LogP contribution in [0.25, 0.3) is 0 Å². The van der Waals surface area contributed by atoms with Gasteiger partial charge >= 0.3 is 0 Å². The highest BCUT2D eigenvalue weighted by Crippen LogP contribution is 2.36. The number of benzene rings is 1. The molecule has 1 heterocycles. The number of aryl methyl sites for hydroxylation is 2. The molecule has 1 saturated heterocycles. The van der Waals surface area contributed by atoms with Gasteiger partial charge < -0.3 is 9.47 Å². The van der Waals surface area contributed by atoms with Crippen LogP contribution in [0.15, 0.2) is 18.2 Å². The van der Waals surface area contributed by atoms with Gasteiger partial charge in [-0.15, -0.1) is 0 Å². The number of unbranched alkanes of at least 4 members (excludes halogenated alkanes) is 1. The van der Waals surface area contributed by atoms with Crippen LogP contribution in [-0.4, -0.2) is 19.5 Å². The van der Waals surface area contributed by atoms with E-state index in [0.29, 0.717) is 11.8 Å². The maximum Gasteiger partial charge on any atom is 0.160 e. The monoisotopic (exact) mass is 376 g/mol. The molecule has 0 atom stereocenters. The molecule has 152 valence electrons. The first-order chi connectivity index (χ1) is 13.2. The molecule has 1 aliphatic heterocycles. The van der Waals surface area contributed by atoms with Crippen molar-refractivity contribution in [2.45, 2.75) is 84.3 Å². The molecule has 1 saturated carbocycles. The van der Waals surface area contributed by atoms with Gasteiger partial charge in [-0.2, -0.15) is 0 Å².